The van der Waals surface area contributed by atoms with Crippen molar-refractivity contribution in [3.8, 4) is 0 Å². The molecule has 1 heterocycles. The average molecular weight is 614 g/mol. The van der Waals surface area contributed by atoms with Gasteiger partial charge in [-0.25, -0.2) is 8.42 Å². The summed E-state index contributed by atoms with van der Waals surface area (Å²) in [5.41, 5.74) is 5.07. The Hall–Kier alpha value is -3.58. The van der Waals surface area contributed by atoms with Crippen molar-refractivity contribution in [3.05, 3.63) is 77.0 Å². The zero-order valence-electron chi connectivity index (χ0n) is 22.5. The number of primary amides is 1. The van der Waals surface area contributed by atoms with Gasteiger partial charge in [0.15, 0.2) is 0 Å². The second kappa shape index (κ2) is 12.5. The molecular formula is C27H31ClF3N5O4S. The number of aliphatic imine (C=N–C) groups is 1. The number of nitrogens with two attached hydrogens (primary N) is 1. The minimum absolute atomic E-state index is 0.0793. The second-order valence-electron chi connectivity index (χ2n) is 10.0. The summed E-state index contributed by atoms with van der Waals surface area (Å²) in [5.74, 6) is -1.17. The maximum Gasteiger partial charge on any atom is 0.390 e. The number of alkyl halides is 3. The molecule has 0 unspecified atom stereocenters. The molecule has 222 valence electrons. The van der Waals surface area contributed by atoms with Gasteiger partial charge in [0, 0.05) is 23.7 Å². The Bertz CT molecular complexity index is 1440. The molecule has 4 N–H and O–H groups in total. The number of nitrogens with zero attached hydrogens (tertiary/aromatic N) is 2. The first-order chi connectivity index (χ1) is 19.0. The molecule has 1 aliphatic heterocycles. The first-order valence-electron chi connectivity index (χ1n) is 12.5. The summed E-state index contributed by atoms with van der Waals surface area (Å²) in [6.45, 7) is 6.62. The quantitative estimate of drug-likeness (QED) is 0.331. The number of carbonyl (C=O) groups excluding carboxylic acids is 2. The third-order valence-electron chi connectivity index (χ3n) is 6.37. The number of hydrogen-bond acceptors (Lipinski definition) is 6. The van der Waals surface area contributed by atoms with E-state index in [9.17, 15) is 31.2 Å². The van der Waals surface area contributed by atoms with Crippen LogP contribution in [0.4, 0.5) is 13.2 Å². The van der Waals surface area contributed by atoms with Gasteiger partial charge in [0.05, 0.1) is 29.9 Å². The topological polar surface area (TPSA) is 134 Å². The van der Waals surface area contributed by atoms with E-state index in [-0.39, 0.29) is 35.5 Å². The van der Waals surface area contributed by atoms with E-state index in [4.69, 9.17) is 17.3 Å². The van der Waals surface area contributed by atoms with Crippen LogP contribution in [0.25, 0.3) is 0 Å². The lowest BCUT2D eigenvalue weighted by Crippen LogP contribution is -2.52. The highest BCUT2D eigenvalue weighted by Crippen LogP contribution is 2.29. The van der Waals surface area contributed by atoms with Gasteiger partial charge in [-0.3, -0.25) is 18.9 Å². The van der Waals surface area contributed by atoms with Crippen LogP contribution in [-0.4, -0.2) is 54.7 Å². The number of amides is 2. The van der Waals surface area contributed by atoms with E-state index in [0.29, 0.717) is 16.4 Å². The average Bonchev–Trinajstić information content (AvgIpc) is 3.20. The summed E-state index contributed by atoms with van der Waals surface area (Å²) < 4.78 is 66.2. The highest BCUT2D eigenvalue weighted by molar-refractivity contribution is 7.89. The third-order valence-corrected chi connectivity index (χ3v) is 8.50. The Kier molecular flexibility index (Phi) is 9.75. The number of amidine groups is 1. The smallest absolute Gasteiger partial charge is 0.366 e. The summed E-state index contributed by atoms with van der Waals surface area (Å²) in [4.78, 5) is 28.8. The molecule has 14 heteroatoms. The number of rotatable bonds is 12. The number of hydrogen-bond donors (Lipinski definition) is 3. The van der Waals surface area contributed by atoms with Crippen molar-refractivity contribution in [3.63, 3.8) is 0 Å². The van der Waals surface area contributed by atoms with Crippen molar-refractivity contribution in [2.24, 2.45) is 10.7 Å². The Morgan fingerprint density at radius 3 is 2.41 bits per heavy atom. The lowest BCUT2D eigenvalue weighted by molar-refractivity contribution is -0.136. The zero-order valence-corrected chi connectivity index (χ0v) is 24.0. The van der Waals surface area contributed by atoms with Crippen molar-refractivity contribution in [1.82, 2.24) is 14.9 Å². The summed E-state index contributed by atoms with van der Waals surface area (Å²) in [6, 6.07) is 11.2. The van der Waals surface area contributed by atoms with Gasteiger partial charge in [0.25, 0.3) is 10.0 Å². The largest absolute Gasteiger partial charge is 0.390 e. The van der Waals surface area contributed by atoms with Crippen LogP contribution in [0.15, 0.2) is 70.7 Å². The van der Waals surface area contributed by atoms with Gasteiger partial charge in [-0.2, -0.15) is 13.2 Å². The Morgan fingerprint density at radius 2 is 1.80 bits per heavy atom. The summed E-state index contributed by atoms with van der Waals surface area (Å²) >= 11 is 5.98. The first-order valence-corrected chi connectivity index (χ1v) is 14.4. The van der Waals surface area contributed by atoms with E-state index in [1.165, 1.54) is 24.3 Å². The molecule has 0 saturated carbocycles. The maximum absolute atomic E-state index is 13.8. The van der Waals surface area contributed by atoms with Gasteiger partial charge >= 0.3 is 6.18 Å². The minimum atomic E-state index is -4.40. The van der Waals surface area contributed by atoms with Gasteiger partial charge in [-0.1, -0.05) is 42.4 Å². The third kappa shape index (κ3) is 8.23. The molecule has 41 heavy (non-hydrogen) atoms. The fourth-order valence-corrected chi connectivity index (χ4v) is 6.07. The fraction of sp³-hybridized carbons (Fsp3) is 0.370. The SMILES string of the molecule is C=C(CCC1=NC(C)(C)[C@H](C(=O)NCCC(F)(F)F)N1)N(Cc1ccc(Cl)cc1)S(=O)(=O)c1ccccc1C(N)=O. The monoisotopic (exact) mass is 613 g/mol. The molecule has 0 saturated heterocycles. The van der Waals surface area contributed by atoms with Crippen molar-refractivity contribution >= 4 is 39.3 Å². The number of nitrogens with one attached hydrogen (secondary N) is 2. The second-order valence-corrected chi connectivity index (χ2v) is 12.3. The summed E-state index contributed by atoms with van der Waals surface area (Å²) in [7, 11) is -4.32. The number of allylic oxidation sites excluding steroid dienone is 1. The minimum Gasteiger partial charge on any atom is -0.366 e. The zero-order chi connectivity index (χ0) is 30.6. The van der Waals surface area contributed by atoms with Crippen LogP contribution in [0.5, 0.6) is 0 Å². The van der Waals surface area contributed by atoms with Gasteiger partial charge < -0.3 is 16.4 Å². The Balaban J connectivity index is 1.80. The normalized spacial score (nSPS) is 16.4. The Labute approximate surface area is 241 Å². The van der Waals surface area contributed by atoms with E-state index in [1.54, 1.807) is 38.1 Å². The molecule has 0 aliphatic carbocycles. The molecular weight excluding hydrogens is 583 g/mol. The molecule has 1 aliphatic rings. The van der Waals surface area contributed by atoms with Crippen LogP contribution in [0.2, 0.25) is 5.02 Å². The number of benzene rings is 2. The van der Waals surface area contributed by atoms with Gasteiger partial charge in [0.2, 0.25) is 11.8 Å². The molecule has 1 atom stereocenters. The van der Waals surface area contributed by atoms with Crippen LogP contribution in [-0.2, 0) is 21.4 Å². The highest BCUT2D eigenvalue weighted by Gasteiger charge is 2.41. The van der Waals surface area contributed by atoms with E-state index in [0.717, 1.165) is 4.31 Å². The van der Waals surface area contributed by atoms with E-state index >= 15 is 0 Å². The molecule has 9 nitrogen and oxygen atoms in total. The maximum atomic E-state index is 13.8. The lowest BCUT2D eigenvalue weighted by Gasteiger charge is -2.27. The molecule has 2 aromatic carbocycles. The summed E-state index contributed by atoms with van der Waals surface area (Å²) in [5, 5.41) is 5.69. The van der Waals surface area contributed by atoms with E-state index in [1.807, 2.05) is 0 Å². The Morgan fingerprint density at radius 1 is 1.17 bits per heavy atom. The van der Waals surface area contributed by atoms with Gasteiger partial charge in [0.1, 0.15) is 10.9 Å². The number of halogens is 4. The highest BCUT2D eigenvalue weighted by atomic mass is 35.5. The molecule has 2 aromatic rings. The van der Waals surface area contributed by atoms with Crippen molar-refractivity contribution in [2.75, 3.05) is 6.54 Å². The van der Waals surface area contributed by atoms with Crippen LogP contribution in [0.1, 0.15) is 49.0 Å². The van der Waals surface area contributed by atoms with Gasteiger partial charge in [-0.15, -0.1) is 0 Å². The van der Waals surface area contributed by atoms with Crippen LogP contribution >= 0.6 is 11.6 Å². The molecule has 0 aromatic heterocycles. The van der Waals surface area contributed by atoms with Crippen LogP contribution < -0.4 is 16.4 Å². The number of sulfonamides is 1. The first kappa shape index (κ1) is 31.9. The van der Waals surface area contributed by atoms with E-state index in [2.05, 4.69) is 22.2 Å². The molecule has 2 amide bonds. The molecule has 0 bridgehead atoms. The molecule has 0 fully saturated rings. The van der Waals surface area contributed by atoms with Gasteiger partial charge in [-0.05, 0) is 50.1 Å². The van der Waals surface area contributed by atoms with Crippen molar-refractivity contribution in [1.29, 1.82) is 0 Å². The lowest BCUT2D eigenvalue weighted by atomic mass is 9.96. The van der Waals surface area contributed by atoms with Crippen molar-refractivity contribution < 1.29 is 31.2 Å². The predicted molar refractivity (Wildman–Crippen MR) is 150 cm³/mol. The number of carbonyl (C=O) groups is 2. The fourth-order valence-electron chi connectivity index (χ4n) is 4.26. The molecule has 0 radical (unpaired) electrons. The van der Waals surface area contributed by atoms with Crippen LogP contribution in [0, 0.1) is 0 Å². The standard InChI is InChI=1S/C27H31ClF3N5O4S/c1-17(8-13-22-34-23(26(2,3)35-22)25(38)33-15-14-27(29,30)31)36(16-18-9-11-19(28)12-10-18)41(39,40)21-7-5-4-6-20(21)24(32)37/h4-7,9-12,23H,1,8,13-16H2,2-3H3,(H2,32,37)(H,33,38)(H,34,35)/t23-/m0/s1. The molecule has 3 rings (SSSR count). The molecule has 0 spiro atoms. The summed E-state index contributed by atoms with van der Waals surface area (Å²) in [6.07, 6.45) is -5.32. The predicted octanol–water partition coefficient (Wildman–Crippen LogP) is 4.14. The van der Waals surface area contributed by atoms with Crippen molar-refractivity contribution in [2.45, 2.75) is 62.3 Å². The van der Waals surface area contributed by atoms with Crippen LogP contribution in [0.3, 0.4) is 0 Å². The van der Waals surface area contributed by atoms with E-state index < -0.39 is 52.6 Å².